The van der Waals surface area contributed by atoms with Gasteiger partial charge in [-0.3, -0.25) is 9.78 Å². The summed E-state index contributed by atoms with van der Waals surface area (Å²) in [6.07, 6.45) is 4.02. The van der Waals surface area contributed by atoms with Gasteiger partial charge >= 0.3 is 0 Å². The fraction of sp³-hybridized carbons (Fsp3) is 0.250. The Labute approximate surface area is 176 Å². The summed E-state index contributed by atoms with van der Waals surface area (Å²) < 4.78 is 16.9. The van der Waals surface area contributed by atoms with Crippen LogP contribution in [0.4, 0.5) is 0 Å². The van der Waals surface area contributed by atoms with Crippen LogP contribution in [0, 0.1) is 0 Å². The zero-order valence-corrected chi connectivity index (χ0v) is 17.3. The van der Waals surface area contributed by atoms with Crippen molar-refractivity contribution in [1.82, 2.24) is 10.3 Å². The molecule has 0 aliphatic heterocycles. The lowest BCUT2D eigenvalue weighted by Crippen LogP contribution is -2.25. The average molecular weight is 406 g/mol. The Morgan fingerprint density at radius 3 is 2.40 bits per heavy atom. The average Bonchev–Trinajstić information content (AvgIpc) is 2.77. The first kappa shape index (κ1) is 21.2. The molecule has 0 fully saturated rings. The lowest BCUT2D eigenvalue weighted by atomic mass is 10.1. The third-order valence-corrected chi connectivity index (χ3v) is 4.29. The van der Waals surface area contributed by atoms with Gasteiger partial charge in [0.1, 0.15) is 11.5 Å². The summed E-state index contributed by atoms with van der Waals surface area (Å²) in [7, 11) is 0. The molecule has 0 spiro atoms. The molecule has 0 atom stereocenters. The molecule has 156 valence electrons. The van der Waals surface area contributed by atoms with Gasteiger partial charge in [-0.15, -0.1) is 0 Å². The Bertz CT molecular complexity index is 943. The van der Waals surface area contributed by atoms with Crippen molar-refractivity contribution in [2.45, 2.75) is 20.3 Å². The first-order valence-electron chi connectivity index (χ1n) is 10.0. The molecular weight excluding hydrogens is 380 g/mol. The number of pyridine rings is 1. The fourth-order valence-electron chi connectivity index (χ4n) is 2.89. The molecule has 0 bridgehead atoms. The van der Waals surface area contributed by atoms with E-state index < -0.39 is 0 Å². The van der Waals surface area contributed by atoms with E-state index in [1.165, 1.54) is 0 Å². The van der Waals surface area contributed by atoms with E-state index in [0.29, 0.717) is 43.2 Å². The molecule has 0 unspecified atom stereocenters. The number of carbonyl (C=O) groups is 1. The number of amides is 1. The SMILES string of the molecule is CCOc1ccc(CCNC(=O)c2ccc(Oc3cccnc3)cc2)cc1OCC. The van der Waals surface area contributed by atoms with E-state index in [2.05, 4.69) is 10.3 Å². The van der Waals surface area contributed by atoms with Gasteiger partial charge in [0.15, 0.2) is 11.5 Å². The summed E-state index contributed by atoms with van der Waals surface area (Å²) in [4.78, 5) is 16.4. The van der Waals surface area contributed by atoms with Gasteiger partial charge in [-0.05, 0) is 74.4 Å². The molecule has 0 aliphatic carbocycles. The highest BCUT2D eigenvalue weighted by atomic mass is 16.5. The molecule has 0 saturated carbocycles. The molecule has 3 rings (SSSR count). The lowest BCUT2D eigenvalue weighted by molar-refractivity contribution is 0.0954. The topological polar surface area (TPSA) is 69.7 Å². The molecule has 6 nitrogen and oxygen atoms in total. The van der Waals surface area contributed by atoms with E-state index in [1.807, 2.05) is 38.1 Å². The van der Waals surface area contributed by atoms with Crippen LogP contribution in [-0.4, -0.2) is 30.6 Å². The smallest absolute Gasteiger partial charge is 0.251 e. The Hall–Kier alpha value is -3.54. The maximum absolute atomic E-state index is 12.4. The molecule has 1 N–H and O–H groups in total. The normalized spacial score (nSPS) is 10.3. The third kappa shape index (κ3) is 5.98. The monoisotopic (exact) mass is 406 g/mol. The van der Waals surface area contributed by atoms with Crippen molar-refractivity contribution in [2.24, 2.45) is 0 Å². The minimum absolute atomic E-state index is 0.126. The van der Waals surface area contributed by atoms with Gasteiger partial charge in [-0.25, -0.2) is 0 Å². The summed E-state index contributed by atoms with van der Waals surface area (Å²) in [5.41, 5.74) is 1.65. The van der Waals surface area contributed by atoms with Crippen molar-refractivity contribution in [3.8, 4) is 23.0 Å². The van der Waals surface area contributed by atoms with Crippen LogP contribution in [0.5, 0.6) is 23.0 Å². The number of nitrogens with zero attached hydrogens (tertiary/aromatic N) is 1. The van der Waals surface area contributed by atoms with E-state index in [9.17, 15) is 4.79 Å². The second kappa shape index (κ2) is 10.9. The van der Waals surface area contributed by atoms with E-state index >= 15 is 0 Å². The first-order valence-corrected chi connectivity index (χ1v) is 10.0. The standard InChI is InChI=1S/C24H26N2O4/c1-3-28-22-12-7-18(16-23(22)29-4-2)13-15-26-24(27)19-8-10-20(11-9-19)30-21-6-5-14-25-17-21/h5-12,14,16-17H,3-4,13,15H2,1-2H3,(H,26,27). The van der Waals surface area contributed by atoms with Crippen molar-refractivity contribution in [3.63, 3.8) is 0 Å². The van der Waals surface area contributed by atoms with Crippen LogP contribution in [0.3, 0.4) is 0 Å². The maximum atomic E-state index is 12.4. The second-order valence-electron chi connectivity index (χ2n) is 6.47. The molecule has 6 heteroatoms. The van der Waals surface area contributed by atoms with Crippen LogP contribution in [0.1, 0.15) is 29.8 Å². The van der Waals surface area contributed by atoms with E-state index in [4.69, 9.17) is 14.2 Å². The highest BCUT2D eigenvalue weighted by Gasteiger charge is 2.08. The third-order valence-electron chi connectivity index (χ3n) is 4.29. The van der Waals surface area contributed by atoms with Gasteiger partial charge < -0.3 is 19.5 Å². The van der Waals surface area contributed by atoms with Crippen LogP contribution in [0.25, 0.3) is 0 Å². The number of benzene rings is 2. The molecular formula is C24H26N2O4. The maximum Gasteiger partial charge on any atom is 0.251 e. The molecule has 1 heterocycles. The van der Waals surface area contributed by atoms with E-state index in [1.54, 1.807) is 42.7 Å². The van der Waals surface area contributed by atoms with Crippen molar-refractivity contribution in [1.29, 1.82) is 0 Å². The molecule has 30 heavy (non-hydrogen) atoms. The van der Waals surface area contributed by atoms with Crippen molar-refractivity contribution >= 4 is 5.91 Å². The van der Waals surface area contributed by atoms with E-state index in [0.717, 1.165) is 17.1 Å². The predicted octanol–water partition coefficient (Wildman–Crippen LogP) is 4.64. The predicted molar refractivity (Wildman–Crippen MR) is 116 cm³/mol. The molecule has 1 amide bonds. The zero-order chi connectivity index (χ0) is 21.2. The van der Waals surface area contributed by atoms with Crippen LogP contribution in [-0.2, 0) is 6.42 Å². The van der Waals surface area contributed by atoms with Crippen LogP contribution < -0.4 is 19.5 Å². The summed E-state index contributed by atoms with van der Waals surface area (Å²) >= 11 is 0. The highest BCUT2D eigenvalue weighted by molar-refractivity contribution is 5.94. The van der Waals surface area contributed by atoms with E-state index in [-0.39, 0.29) is 5.91 Å². The van der Waals surface area contributed by atoms with Gasteiger partial charge in [-0.2, -0.15) is 0 Å². The van der Waals surface area contributed by atoms with Crippen molar-refractivity contribution in [2.75, 3.05) is 19.8 Å². The zero-order valence-electron chi connectivity index (χ0n) is 17.3. The summed E-state index contributed by atoms with van der Waals surface area (Å²) in [5, 5.41) is 2.95. The molecule has 0 aliphatic rings. The second-order valence-corrected chi connectivity index (χ2v) is 6.47. The number of rotatable bonds is 10. The molecule has 0 saturated heterocycles. The van der Waals surface area contributed by atoms with Crippen LogP contribution in [0.15, 0.2) is 67.0 Å². The Morgan fingerprint density at radius 2 is 1.70 bits per heavy atom. The van der Waals surface area contributed by atoms with Crippen molar-refractivity contribution in [3.05, 3.63) is 78.1 Å². The quantitative estimate of drug-likeness (QED) is 0.531. The molecule has 1 aromatic heterocycles. The minimum Gasteiger partial charge on any atom is -0.490 e. The lowest BCUT2D eigenvalue weighted by Gasteiger charge is -2.12. The Balaban J connectivity index is 1.52. The number of hydrogen-bond acceptors (Lipinski definition) is 5. The number of nitrogens with one attached hydrogen (secondary N) is 1. The number of ether oxygens (including phenoxy) is 3. The summed E-state index contributed by atoms with van der Waals surface area (Å²) in [5.74, 6) is 2.64. The highest BCUT2D eigenvalue weighted by Crippen LogP contribution is 2.28. The van der Waals surface area contributed by atoms with Crippen LogP contribution in [0.2, 0.25) is 0 Å². The largest absolute Gasteiger partial charge is 0.490 e. The van der Waals surface area contributed by atoms with Gasteiger partial charge in [0.05, 0.1) is 19.4 Å². The molecule has 0 radical (unpaired) electrons. The molecule has 2 aromatic carbocycles. The molecule has 3 aromatic rings. The minimum atomic E-state index is -0.126. The Kier molecular flexibility index (Phi) is 7.66. The number of carbonyl (C=O) groups excluding carboxylic acids is 1. The summed E-state index contributed by atoms with van der Waals surface area (Å²) in [6.45, 7) is 5.56. The number of aromatic nitrogens is 1. The first-order chi connectivity index (χ1) is 14.7. The van der Waals surface area contributed by atoms with Gasteiger partial charge in [0.25, 0.3) is 5.91 Å². The van der Waals surface area contributed by atoms with Crippen LogP contribution >= 0.6 is 0 Å². The van der Waals surface area contributed by atoms with Gasteiger partial charge in [-0.1, -0.05) is 6.07 Å². The fourth-order valence-corrected chi connectivity index (χ4v) is 2.89. The summed E-state index contributed by atoms with van der Waals surface area (Å²) in [6, 6.07) is 16.5. The number of hydrogen-bond donors (Lipinski definition) is 1. The Morgan fingerprint density at radius 1 is 0.933 bits per heavy atom. The van der Waals surface area contributed by atoms with Gasteiger partial charge in [0, 0.05) is 18.3 Å². The van der Waals surface area contributed by atoms with Crippen molar-refractivity contribution < 1.29 is 19.0 Å². The van der Waals surface area contributed by atoms with Gasteiger partial charge in [0.2, 0.25) is 0 Å².